The highest BCUT2D eigenvalue weighted by Gasteiger charge is 2.31. The molecule has 1 atom stereocenters. The molecule has 1 aromatic rings. The average molecular weight is 254 g/mol. The summed E-state index contributed by atoms with van der Waals surface area (Å²) in [5, 5.41) is 0. The number of sulfonamides is 1. The van der Waals surface area contributed by atoms with Crippen LogP contribution in [0, 0.1) is 0 Å². The quantitative estimate of drug-likeness (QED) is 0.833. The first-order valence-corrected chi connectivity index (χ1v) is 7.44. The number of nitrogens with two attached hydrogens (primary N) is 1. The number of hydrogen-bond donors (Lipinski definition) is 1. The fourth-order valence-corrected chi connectivity index (χ4v) is 4.07. The van der Waals surface area contributed by atoms with Gasteiger partial charge < -0.3 is 5.73 Å². The number of rotatable bonds is 3. The summed E-state index contributed by atoms with van der Waals surface area (Å²) in [5.41, 5.74) is 7.02. The maximum atomic E-state index is 12.2. The molecule has 0 aliphatic carbocycles. The van der Waals surface area contributed by atoms with Crippen molar-refractivity contribution in [2.24, 2.45) is 0 Å². The van der Waals surface area contributed by atoms with Crippen LogP contribution in [-0.2, 0) is 15.8 Å². The minimum absolute atomic E-state index is 0.0671. The molecule has 1 heterocycles. The monoisotopic (exact) mass is 254 g/mol. The maximum absolute atomic E-state index is 12.2. The van der Waals surface area contributed by atoms with Gasteiger partial charge in [-0.05, 0) is 37.5 Å². The van der Waals surface area contributed by atoms with Gasteiger partial charge in [0.15, 0.2) is 0 Å². The molecule has 17 heavy (non-hydrogen) atoms. The Bertz CT molecular complexity index is 482. The van der Waals surface area contributed by atoms with Crippen molar-refractivity contribution in [3.8, 4) is 0 Å². The standard InChI is InChI=1S/C12H18N2O2S/c1-10-3-2-8-14(10)17(15,16)9-11-4-6-12(13)7-5-11/h4-7,10H,2-3,8-9,13H2,1H3. The zero-order valence-corrected chi connectivity index (χ0v) is 10.8. The molecule has 1 unspecified atom stereocenters. The molecule has 94 valence electrons. The molecule has 4 nitrogen and oxygen atoms in total. The Morgan fingerprint density at radius 3 is 2.53 bits per heavy atom. The van der Waals surface area contributed by atoms with E-state index < -0.39 is 10.0 Å². The van der Waals surface area contributed by atoms with Crippen LogP contribution in [0.3, 0.4) is 0 Å². The van der Waals surface area contributed by atoms with Crippen LogP contribution in [0.1, 0.15) is 25.3 Å². The lowest BCUT2D eigenvalue weighted by Crippen LogP contribution is -2.34. The Morgan fingerprint density at radius 2 is 2.00 bits per heavy atom. The van der Waals surface area contributed by atoms with Crippen molar-refractivity contribution < 1.29 is 8.42 Å². The Balaban J connectivity index is 2.14. The molecule has 1 fully saturated rings. The van der Waals surface area contributed by atoms with Gasteiger partial charge >= 0.3 is 0 Å². The summed E-state index contributed by atoms with van der Waals surface area (Å²) in [5.74, 6) is 0.0671. The number of hydrogen-bond acceptors (Lipinski definition) is 3. The van der Waals surface area contributed by atoms with Crippen molar-refractivity contribution in [2.45, 2.75) is 31.6 Å². The first kappa shape index (κ1) is 12.4. The Labute approximate surface area is 102 Å². The molecule has 0 spiro atoms. The molecular formula is C12H18N2O2S. The van der Waals surface area contributed by atoms with Crippen LogP contribution in [0.2, 0.25) is 0 Å². The van der Waals surface area contributed by atoms with Gasteiger partial charge in [-0.15, -0.1) is 0 Å². The third kappa shape index (κ3) is 2.79. The van der Waals surface area contributed by atoms with E-state index in [2.05, 4.69) is 0 Å². The summed E-state index contributed by atoms with van der Waals surface area (Å²) in [7, 11) is -3.18. The SMILES string of the molecule is CC1CCCN1S(=O)(=O)Cc1ccc(N)cc1. The van der Waals surface area contributed by atoms with Gasteiger partial charge in [-0.1, -0.05) is 12.1 Å². The number of nitrogen functional groups attached to an aromatic ring is 1. The van der Waals surface area contributed by atoms with Crippen LogP contribution in [-0.4, -0.2) is 25.3 Å². The third-order valence-corrected chi connectivity index (χ3v) is 5.13. The van der Waals surface area contributed by atoms with Crippen LogP contribution in [0.25, 0.3) is 0 Å². The summed E-state index contributed by atoms with van der Waals surface area (Å²) in [6.07, 6.45) is 1.92. The predicted octanol–water partition coefficient (Wildman–Crippen LogP) is 1.58. The van der Waals surface area contributed by atoms with E-state index in [4.69, 9.17) is 5.73 Å². The summed E-state index contributed by atoms with van der Waals surface area (Å²) >= 11 is 0. The lowest BCUT2D eigenvalue weighted by molar-refractivity contribution is 0.407. The fourth-order valence-electron chi connectivity index (χ4n) is 2.23. The second-order valence-corrected chi connectivity index (χ2v) is 6.52. The van der Waals surface area contributed by atoms with E-state index in [9.17, 15) is 8.42 Å². The first-order chi connectivity index (χ1) is 7.99. The molecule has 2 rings (SSSR count). The van der Waals surface area contributed by atoms with E-state index >= 15 is 0 Å². The van der Waals surface area contributed by atoms with Gasteiger partial charge in [0.1, 0.15) is 0 Å². The van der Waals surface area contributed by atoms with Crippen LogP contribution in [0.4, 0.5) is 5.69 Å². The van der Waals surface area contributed by atoms with E-state index in [1.165, 1.54) is 0 Å². The normalized spacial score (nSPS) is 21.8. The molecule has 1 saturated heterocycles. The van der Waals surface area contributed by atoms with Gasteiger partial charge in [-0.3, -0.25) is 0 Å². The van der Waals surface area contributed by atoms with Crippen LogP contribution in [0.15, 0.2) is 24.3 Å². The molecule has 0 saturated carbocycles. The molecule has 0 aromatic heterocycles. The summed E-state index contributed by atoms with van der Waals surface area (Å²) in [6, 6.07) is 7.14. The molecule has 0 bridgehead atoms. The van der Waals surface area contributed by atoms with E-state index in [0.29, 0.717) is 12.2 Å². The van der Waals surface area contributed by atoms with Gasteiger partial charge in [-0.25, -0.2) is 8.42 Å². The van der Waals surface area contributed by atoms with Crippen LogP contribution >= 0.6 is 0 Å². The van der Waals surface area contributed by atoms with Crippen molar-refractivity contribution >= 4 is 15.7 Å². The number of anilines is 1. The Kier molecular flexibility index (Phi) is 3.40. The van der Waals surface area contributed by atoms with Gasteiger partial charge in [-0.2, -0.15) is 4.31 Å². The predicted molar refractivity (Wildman–Crippen MR) is 68.9 cm³/mol. The molecule has 0 amide bonds. The topological polar surface area (TPSA) is 63.4 Å². The maximum Gasteiger partial charge on any atom is 0.218 e. The Hall–Kier alpha value is -1.07. The van der Waals surface area contributed by atoms with E-state index in [-0.39, 0.29) is 11.8 Å². The minimum atomic E-state index is -3.18. The molecule has 1 aromatic carbocycles. The summed E-state index contributed by atoms with van der Waals surface area (Å²) in [6.45, 7) is 2.62. The van der Waals surface area contributed by atoms with Gasteiger partial charge in [0.2, 0.25) is 10.0 Å². The summed E-state index contributed by atoms with van der Waals surface area (Å²) in [4.78, 5) is 0. The van der Waals surface area contributed by atoms with Gasteiger partial charge in [0.25, 0.3) is 0 Å². The van der Waals surface area contributed by atoms with Gasteiger partial charge in [0, 0.05) is 18.3 Å². The highest BCUT2D eigenvalue weighted by atomic mass is 32.2. The highest BCUT2D eigenvalue weighted by molar-refractivity contribution is 7.88. The number of nitrogens with zero attached hydrogens (tertiary/aromatic N) is 1. The second-order valence-electron chi connectivity index (χ2n) is 4.60. The van der Waals surface area contributed by atoms with Crippen LogP contribution in [0.5, 0.6) is 0 Å². The third-order valence-electron chi connectivity index (χ3n) is 3.18. The molecule has 1 aliphatic heterocycles. The van der Waals surface area contributed by atoms with Crippen LogP contribution < -0.4 is 5.73 Å². The lowest BCUT2D eigenvalue weighted by atomic mass is 10.2. The van der Waals surface area contributed by atoms with E-state index in [0.717, 1.165) is 18.4 Å². The van der Waals surface area contributed by atoms with Crippen molar-refractivity contribution in [1.29, 1.82) is 0 Å². The average Bonchev–Trinajstić information content (AvgIpc) is 2.68. The second kappa shape index (κ2) is 4.66. The zero-order valence-electron chi connectivity index (χ0n) is 9.96. The zero-order chi connectivity index (χ0) is 12.5. The molecule has 0 radical (unpaired) electrons. The molecule has 2 N–H and O–H groups in total. The smallest absolute Gasteiger partial charge is 0.218 e. The molecule has 1 aliphatic rings. The summed E-state index contributed by atoms with van der Waals surface area (Å²) < 4.78 is 26.0. The number of benzene rings is 1. The van der Waals surface area contributed by atoms with E-state index in [1.54, 1.807) is 28.6 Å². The van der Waals surface area contributed by atoms with Crippen molar-refractivity contribution in [1.82, 2.24) is 4.31 Å². The highest BCUT2D eigenvalue weighted by Crippen LogP contribution is 2.23. The van der Waals surface area contributed by atoms with Crippen molar-refractivity contribution in [3.63, 3.8) is 0 Å². The Morgan fingerprint density at radius 1 is 1.35 bits per heavy atom. The van der Waals surface area contributed by atoms with Crippen molar-refractivity contribution in [2.75, 3.05) is 12.3 Å². The van der Waals surface area contributed by atoms with Crippen molar-refractivity contribution in [3.05, 3.63) is 29.8 Å². The molecule has 5 heteroatoms. The lowest BCUT2D eigenvalue weighted by Gasteiger charge is -2.20. The van der Waals surface area contributed by atoms with E-state index in [1.807, 2.05) is 6.92 Å². The first-order valence-electron chi connectivity index (χ1n) is 5.83. The molecular weight excluding hydrogens is 236 g/mol. The fraction of sp³-hybridized carbons (Fsp3) is 0.500. The van der Waals surface area contributed by atoms with Gasteiger partial charge in [0.05, 0.1) is 5.75 Å². The minimum Gasteiger partial charge on any atom is -0.399 e. The largest absolute Gasteiger partial charge is 0.399 e.